The summed E-state index contributed by atoms with van der Waals surface area (Å²) in [6.45, 7) is 4.66. The van der Waals surface area contributed by atoms with Crippen LogP contribution in [0.15, 0.2) is 48.5 Å². The van der Waals surface area contributed by atoms with Crippen molar-refractivity contribution < 1.29 is 4.74 Å². The van der Waals surface area contributed by atoms with Crippen molar-refractivity contribution in [2.24, 2.45) is 5.73 Å². The van der Waals surface area contributed by atoms with Crippen molar-refractivity contribution in [1.29, 1.82) is 0 Å². The zero-order valence-corrected chi connectivity index (χ0v) is 13.0. The summed E-state index contributed by atoms with van der Waals surface area (Å²) >= 11 is 0. The smallest absolute Gasteiger partial charge is 0.119 e. The number of hydrogen-bond donors (Lipinski definition) is 1. The summed E-state index contributed by atoms with van der Waals surface area (Å²) in [5, 5.41) is 0. The molecule has 116 valence electrons. The first kappa shape index (κ1) is 14.7. The number of rotatable bonds is 4. The number of para-hydroxylation sites is 1. The zero-order chi connectivity index (χ0) is 15.4. The molecule has 0 saturated carbocycles. The molecule has 0 radical (unpaired) electrons. The number of nitrogens with zero attached hydrogens (tertiary/aromatic N) is 2. The van der Waals surface area contributed by atoms with E-state index in [1.807, 2.05) is 12.1 Å². The number of hydrogen-bond acceptors (Lipinski definition) is 4. The van der Waals surface area contributed by atoms with E-state index < -0.39 is 0 Å². The Morgan fingerprint density at radius 1 is 0.909 bits per heavy atom. The summed E-state index contributed by atoms with van der Waals surface area (Å²) in [5.74, 6) is 0.902. The molecule has 1 saturated heterocycles. The summed E-state index contributed by atoms with van der Waals surface area (Å²) in [5.41, 5.74) is 9.61. The highest BCUT2D eigenvalue weighted by Crippen LogP contribution is 2.24. The van der Waals surface area contributed by atoms with Gasteiger partial charge in [-0.3, -0.25) is 0 Å². The molecule has 2 aromatic carbocycles. The molecule has 0 aliphatic carbocycles. The van der Waals surface area contributed by atoms with Gasteiger partial charge in [-0.1, -0.05) is 18.2 Å². The highest BCUT2D eigenvalue weighted by Gasteiger charge is 2.18. The van der Waals surface area contributed by atoms with Crippen molar-refractivity contribution in [2.75, 3.05) is 43.1 Å². The molecule has 0 bridgehead atoms. The predicted octanol–water partition coefficient (Wildman–Crippen LogP) is 2.48. The van der Waals surface area contributed by atoms with Crippen molar-refractivity contribution in [1.82, 2.24) is 0 Å². The van der Waals surface area contributed by atoms with E-state index in [-0.39, 0.29) is 0 Å². The van der Waals surface area contributed by atoms with E-state index in [0.29, 0.717) is 6.54 Å². The van der Waals surface area contributed by atoms with Crippen LogP contribution >= 0.6 is 0 Å². The van der Waals surface area contributed by atoms with Crippen molar-refractivity contribution in [2.45, 2.75) is 6.54 Å². The molecular weight excluding hydrogens is 274 g/mol. The lowest BCUT2D eigenvalue weighted by Gasteiger charge is -2.38. The maximum absolute atomic E-state index is 5.85. The van der Waals surface area contributed by atoms with Crippen LogP contribution in [0.1, 0.15) is 5.56 Å². The SMILES string of the molecule is COc1ccc(N2CCN(c3ccccc3CN)CC2)cc1. The topological polar surface area (TPSA) is 41.7 Å². The second-order valence-corrected chi connectivity index (χ2v) is 5.50. The van der Waals surface area contributed by atoms with Crippen molar-refractivity contribution in [3.05, 3.63) is 54.1 Å². The minimum Gasteiger partial charge on any atom is -0.497 e. The van der Waals surface area contributed by atoms with Gasteiger partial charge in [0.15, 0.2) is 0 Å². The Morgan fingerprint density at radius 3 is 2.18 bits per heavy atom. The Labute approximate surface area is 132 Å². The number of anilines is 2. The quantitative estimate of drug-likeness (QED) is 0.941. The Bertz CT molecular complexity index is 604. The monoisotopic (exact) mass is 297 g/mol. The van der Waals surface area contributed by atoms with Gasteiger partial charge in [0.25, 0.3) is 0 Å². The van der Waals surface area contributed by atoms with Crippen LogP contribution in [0.2, 0.25) is 0 Å². The van der Waals surface area contributed by atoms with E-state index >= 15 is 0 Å². The van der Waals surface area contributed by atoms with Gasteiger partial charge in [-0.2, -0.15) is 0 Å². The number of nitrogens with two attached hydrogens (primary N) is 1. The number of ether oxygens (including phenoxy) is 1. The van der Waals surface area contributed by atoms with Gasteiger partial charge >= 0.3 is 0 Å². The molecule has 0 spiro atoms. The lowest BCUT2D eigenvalue weighted by atomic mass is 10.1. The summed E-state index contributed by atoms with van der Waals surface area (Å²) in [4.78, 5) is 4.85. The fourth-order valence-electron chi connectivity index (χ4n) is 2.99. The van der Waals surface area contributed by atoms with Crippen LogP contribution < -0.4 is 20.3 Å². The number of benzene rings is 2. The molecule has 1 heterocycles. The summed E-state index contributed by atoms with van der Waals surface area (Å²) in [7, 11) is 1.70. The summed E-state index contributed by atoms with van der Waals surface area (Å²) in [6, 6.07) is 16.7. The normalized spacial score (nSPS) is 15.0. The molecule has 2 N–H and O–H groups in total. The second-order valence-electron chi connectivity index (χ2n) is 5.50. The molecular formula is C18H23N3O. The first-order chi connectivity index (χ1) is 10.8. The third-order valence-corrected chi connectivity index (χ3v) is 4.27. The molecule has 0 atom stereocenters. The maximum atomic E-state index is 5.85. The molecule has 0 unspecified atom stereocenters. The lowest BCUT2D eigenvalue weighted by molar-refractivity contribution is 0.415. The molecule has 4 heteroatoms. The fourth-order valence-corrected chi connectivity index (χ4v) is 2.99. The predicted molar refractivity (Wildman–Crippen MR) is 91.8 cm³/mol. The van der Waals surface area contributed by atoms with Gasteiger partial charge in [-0.05, 0) is 35.9 Å². The van der Waals surface area contributed by atoms with Gasteiger partial charge < -0.3 is 20.3 Å². The van der Waals surface area contributed by atoms with E-state index in [1.54, 1.807) is 7.11 Å². The molecule has 0 aromatic heterocycles. The van der Waals surface area contributed by atoms with Gasteiger partial charge in [-0.15, -0.1) is 0 Å². The largest absolute Gasteiger partial charge is 0.497 e. The van der Waals surface area contributed by atoms with Crippen LogP contribution in [0.3, 0.4) is 0 Å². The Kier molecular flexibility index (Phi) is 4.49. The second kappa shape index (κ2) is 6.71. The lowest BCUT2D eigenvalue weighted by Crippen LogP contribution is -2.46. The zero-order valence-electron chi connectivity index (χ0n) is 13.0. The highest BCUT2D eigenvalue weighted by atomic mass is 16.5. The standard InChI is InChI=1S/C18H23N3O/c1-22-17-8-6-16(7-9-17)20-10-12-21(13-11-20)18-5-3-2-4-15(18)14-19/h2-9H,10-14,19H2,1H3. The first-order valence-electron chi connectivity index (χ1n) is 7.74. The van der Waals surface area contributed by atoms with Crippen LogP contribution in [-0.2, 0) is 6.54 Å². The Balaban J connectivity index is 1.67. The van der Waals surface area contributed by atoms with Crippen LogP contribution in [-0.4, -0.2) is 33.3 Å². The summed E-state index contributed by atoms with van der Waals surface area (Å²) in [6.07, 6.45) is 0. The first-order valence-corrected chi connectivity index (χ1v) is 7.74. The molecule has 1 aliphatic heterocycles. The molecule has 1 aliphatic rings. The Hall–Kier alpha value is -2.20. The third-order valence-electron chi connectivity index (χ3n) is 4.27. The van der Waals surface area contributed by atoms with Crippen LogP contribution in [0, 0.1) is 0 Å². The fraction of sp³-hybridized carbons (Fsp3) is 0.333. The van der Waals surface area contributed by atoms with E-state index in [4.69, 9.17) is 10.5 Å². The van der Waals surface area contributed by atoms with Gasteiger partial charge in [0.2, 0.25) is 0 Å². The van der Waals surface area contributed by atoms with Crippen molar-refractivity contribution in [3.63, 3.8) is 0 Å². The van der Waals surface area contributed by atoms with Gasteiger partial charge in [-0.25, -0.2) is 0 Å². The molecule has 4 nitrogen and oxygen atoms in total. The molecule has 2 aromatic rings. The minimum absolute atomic E-state index is 0.592. The van der Waals surface area contributed by atoms with Crippen LogP contribution in [0.5, 0.6) is 5.75 Å². The van der Waals surface area contributed by atoms with Gasteiger partial charge in [0.1, 0.15) is 5.75 Å². The molecule has 0 amide bonds. The van der Waals surface area contributed by atoms with Crippen LogP contribution in [0.25, 0.3) is 0 Å². The maximum Gasteiger partial charge on any atom is 0.119 e. The highest BCUT2D eigenvalue weighted by molar-refractivity contribution is 5.56. The summed E-state index contributed by atoms with van der Waals surface area (Å²) < 4.78 is 5.22. The minimum atomic E-state index is 0.592. The number of piperazine rings is 1. The van der Waals surface area contributed by atoms with Gasteiger partial charge in [0.05, 0.1) is 7.11 Å². The van der Waals surface area contributed by atoms with Crippen molar-refractivity contribution >= 4 is 11.4 Å². The van der Waals surface area contributed by atoms with Crippen LogP contribution in [0.4, 0.5) is 11.4 Å². The molecule has 22 heavy (non-hydrogen) atoms. The van der Waals surface area contributed by atoms with E-state index in [9.17, 15) is 0 Å². The number of methoxy groups -OCH3 is 1. The van der Waals surface area contributed by atoms with Gasteiger partial charge in [0, 0.05) is 44.1 Å². The average Bonchev–Trinajstić information content (AvgIpc) is 2.62. The molecule has 1 fully saturated rings. The van der Waals surface area contributed by atoms with E-state index in [2.05, 4.69) is 46.2 Å². The average molecular weight is 297 g/mol. The van der Waals surface area contributed by atoms with E-state index in [1.165, 1.54) is 16.9 Å². The molecule has 3 rings (SSSR count). The van der Waals surface area contributed by atoms with E-state index in [0.717, 1.165) is 31.9 Å². The third kappa shape index (κ3) is 3.02. The Morgan fingerprint density at radius 2 is 1.55 bits per heavy atom. The van der Waals surface area contributed by atoms with Crippen molar-refractivity contribution in [3.8, 4) is 5.75 Å².